The molecule has 0 radical (unpaired) electrons. The molecule has 0 aromatic carbocycles. The molecule has 0 fully saturated rings. The van der Waals surface area contributed by atoms with Crippen molar-refractivity contribution in [1.82, 2.24) is 0 Å². The highest BCUT2D eigenvalue weighted by Crippen LogP contribution is 2.36. The van der Waals surface area contributed by atoms with Crippen molar-refractivity contribution in [2.75, 3.05) is 0 Å². The van der Waals surface area contributed by atoms with Gasteiger partial charge in [0, 0.05) is 37.0 Å². The molecule has 1 aliphatic carbocycles. The Bertz CT molecular complexity index is 440. The summed E-state index contributed by atoms with van der Waals surface area (Å²) in [5.74, 6) is 0. The predicted molar refractivity (Wildman–Crippen MR) is 55.4 cm³/mol. The average Bonchev–Trinajstić information content (AvgIpc) is 2.59. The summed E-state index contributed by atoms with van der Waals surface area (Å²) in [5, 5.41) is 10.3. The van der Waals surface area contributed by atoms with Gasteiger partial charge in [-0.05, 0) is 17.7 Å². The van der Waals surface area contributed by atoms with Crippen LogP contribution in [-0.2, 0) is 0 Å². The van der Waals surface area contributed by atoms with Crippen molar-refractivity contribution in [3.05, 3.63) is 35.7 Å². The van der Waals surface area contributed by atoms with Crippen molar-refractivity contribution in [3.8, 4) is 0 Å². The molecular weight excluding hydrogens is 176 g/mol. The van der Waals surface area contributed by atoms with Crippen LogP contribution in [0.2, 0.25) is 0 Å². The second kappa shape index (κ2) is 2.51. The van der Waals surface area contributed by atoms with Gasteiger partial charge >= 0.3 is 0 Å². The van der Waals surface area contributed by atoms with Crippen LogP contribution in [0.5, 0.6) is 0 Å². The lowest BCUT2D eigenvalue weighted by molar-refractivity contribution is 0.0959. The van der Waals surface area contributed by atoms with Crippen LogP contribution in [-0.4, -0.2) is 22.6 Å². The van der Waals surface area contributed by atoms with Crippen LogP contribution in [0.4, 0.5) is 0 Å². The summed E-state index contributed by atoms with van der Waals surface area (Å²) in [5.41, 5.74) is 2.23. The minimum atomic E-state index is -0.768. The lowest BCUT2D eigenvalue weighted by Crippen LogP contribution is -2.38. The van der Waals surface area contributed by atoms with Gasteiger partial charge < -0.3 is 5.11 Å². The zero-order chi connectivity index (χ0) is 9.60. The number of hydrogen-bond donors (Lipinski definition) is 1. The highest BCUT2D eigenvalue weighted by atomic mass is 16.3. The fourth-order valence-corrected chi connectivity index (χ4v) is 2.02. The molecule has 2 heterocycles. The Hall–Kier alpha value is -1.48. The summed E-state index contributed by atoms with van der Waals surface area (Å²) in [6.45, 7) is 0. The molecule has 0 aromatic rings. The molecule has 0 spiro atoms. The topological polar surface area (TPSA) is 45.0 Å². The van der Waals surface area contributed by atoms with E-state index < -0.39 is 5.60 Å². The Labute approximate surface area is 81.9 Å². The molecule has 0 bridgehead atoms. The third-order valence-corrected chi connectivity index (χ3v) is 2.87. The van der Waals surface area contributed by atoms with Crippen molar-refractivity contribution in [2.24, 2.45) is 9.98 Å². The van der Waals surface area contributed by atoms with Crippen LogP contribution in [0, 0.1) is 0 Å². The fourth-order valence-electron chi connectivity index (χ4n) is 2.02. The molecule has 2 aliphatic heterocycles. The second-order valence-electron chi connectivity index (χ2n) is 3.82. The van der Waals surface area contributed by atoms with Crippen LogP contribution in [0.15, 0.2) is 45.7 Å². The SMILES string of the molecule is OC12CC=NC=C1C=C1C=CN=C1C2. The van der Waals surface area contributed by atoms with E-state index in [9.17, 15) is 5.11 Å². The molecule has 0 aromatic heterocycles. The minimum absolute atomic E-state index is 0.585. The van der Waals surface area contributed by atoms with E-state index in [1.807, 2.05) is 12.2 Å². The Morgan fingerprint density at radius 3 is 3.29 bits per heavy atom. The highest BCUT2D eigenvalue weighted by Gasteiger charge is 2.37. The van der Waals surface area contributed by atoms with E-state index in [4.69, 9.17) is 0 Å². The van der Waals surface area contributed by atoms with Gasteiger partial charge in [0.25, 0.3) is 0 Å². The first-order valence-electron chi connectivity index (χ1n) is 4.68. The molecule has 3 rings (SSSR count). The van der Waals surface area contributed by atoms with E-state index in [2.05, 4.69) is 9.98 Å². The molecular formula is C11H10N2O. The molecule has 70 valence electrons. The Morgan fingerprint density at radius 2 is 2.36 bits per heavy atom. The van der Waals surface area contributed by atoms with Crippen molar-refractivity contribution >= 4 is 11.9 Å². The van der Waals surface area contributed by atoms with Crippen LogP contribution in [0.1, 0.15) is 12.8 Å². The third kappa shape index (κ3) is 0.960. The third-order valence-electron chi connectivity index (χ3n) is 2.87. The molecule has 0 saturated carbocycles. The maximum Gasteiger partial charge on any atom is 0.102 e. The summed E-state index contributed by atoms with van der Waals surface area (Å²) in [7, 11) is 0. The lowest BCUT2D eigenvalue weighted by atomic mass is 9.78. The molecule has 14 heavy (non-hydrogen) atoms. The molecule has 3 heteroatoms. The van der Waals surface area contributed by atoms with Crippen molar-refractivity contribution in [1.29, 1.82) is 0 Å². The van der Waals surface area contributed by atoms with Gasteiger partial charge in [-0.2, -0.15) is 0 Å². The Morgan fingerprint density at radius 1 is 1.43 bits per heavy atom. The predicted octanol–water partition coefficient (Wildman–Crippen LogP) is 1.37. The monoisotopic (exact) mass is 186 g/mol. The van der Waals surface area contributed by atoms with E-state index in [1.165, 1.54) is 0 Å². The maximum atomic E-state index is 10.3. The van der Waals surface area contributed by atoms with Gasteiger partial charge in [-0.3, -0.25) is 9.98 Å². The largest absolute Gasteiger partial charge is 0.384 e. The molecule has 3 nitrogen and oxygen atoms in total. The van der Waals surface area contributed by atoms with Gasteiger partial charge in [-0.25, -0.2) is 0 Å². The first kappa shape index (κ1) is 7.88. The van der Waals surface area contributed by atoms with Gasteiger partial charge in [-0.15, -0.1) is 0 Å². The second-order valence-corrected chi connectivity index (χ2v) is 3.82. The van der Waals surface area contributed by atoms with E-state index in [-0.39, 0.29) is 0 Å². The Balaban J connectivity index is 2.13. The van der Waals surface area contributed by atoms with Crippen molar-refractivity contribution in [3.63, 3.8) is 0 Å². The number of fused-ring (bicyclic) bond motifs is 2. The van der Waals surface area contributed by atoms with Crippen LogP contribution >= 0.6 is 0 Å². The van der Waals surface area contributed by atoms with E-state index >= 15 is 0 Å². The van der Waals surface area contributed by atoms with Gasteiger partial charge in [0.1, 0.15) is 5.60 Å². The number of aliphatic imine (C=N–C) groups is 2. The number of rotatable bonds is 0. The standard InChI is InChI=1S/C11H10N2O/c14-11-2-4-12-7-9(11)5-8-1-3-13-10(8)6-11/h1,3-5,7,14H,2,6H2. The van der Waals surface area contributed by atoms with Crippen LogP contribution < -0.4 is 0 Å². The first-order valence-corrected chi connectivity index (χ1v) is 4.68. The molecule has 1 unspecified atom stereocenters. The molecule has 1 atom stereocenters. The number of hydrogen-bond acceptors (Lipinski definition) is 3. The molecule has 0 saturated heterocycles. The van der Waals surface area contributed by atoms with E-state index in [0.29, 0.717) is 12.8 Å². The maximum absolute atomic E-state index is 10.3. The highest BCUT2D eigenvalue weighted by molar-refractivity contribution is 6.07. The van der Waals surface area contributed by atoms with Gasteiger partial charge in [0.2, 0.25) is 0 Å². The van der Waals surface area contributed by atoms with Gasteiger partial charge in [-0.1, -0.05) is 0 Å². The first-order chi connectivity index (χ1) is 6.78. The lowest BCUT2D eigenvalue weighted by Gasteiger charge is -2.33. The minimum Gasteiger partial charge on any atom is -0.384 e. The normalized spacial score (nSPS) is 33.1. The summed E-state index contributed by atoms with van der Waals surface area (Å²) in [6.07, 6.45) is 10.4. The summed E-state index contributed by atoms with van der Waals surface area (Å²) in [4.78, 5) is 8.30. The number of allylic oxidation sites excluding steroid dienone is 2. The van der Waals surface area contributed by atoms with Gasteiger partial charge in [0.15, 0.2) is 0 Å². The van der Waals surface area contributed by atoms with Crippen molar-refractivity contribution in [2.45, 2.75) is 18.4 Å². The fraction of sp³-hybridized carbons (Fsp3) is 0.273. The number of aliphatic hydroxyl groups is 1. The van der Waals surface area contributed by atoms with Crippen LogP contribution in [0.3, 0.4) is 0 Å². The quantitative estimate of drug-likeness (QED) is 0.610. The van der Waals surface area contributed by atoms with E-state index in [1.54, 1.807) is 18.6 Å². The summed E-state index contributed by atoms with van der Waals surface area (Å²) < 4.78 is 0. The van der Waals surface area contributed by atoms with Crippen LogP contribution in [0.25, 0.3) is 0 Å². The van der Waals surface area contributed by atoms with Gasteiger partial charge in [0.05, 0.1) is 5.71 Å². The molecule has 0 amide bonds. The smallest absolute Gasteiger partial charge is 0.102 e. The Kier molecular flexibility index (Phi) is 1.42. The zero-order valence-corrected chi connectivity index (χ0v) is 7.64. The van der Waals surface area contributed by atoms with E-state index in [0.717, 1.165) is 16.9 Å². The molecule has 1 N–H and O–H groups in total. The zero-order valence-electron chi connectivity index (χ0n) is 7.64. The summed E-state index contributed by atoms with van der Waals surface area (Å²) >= 11 is 0. The average molecular weight is 186 g/mol. The molecule has 3 aliphatic rings. The number of nitrogens with zero attached hydrogens (tertiary/aromatic N) is 2. The van der Waals surface area contributed by atoms with Crippen molar-refractivity contribution < 1.29 is 5.11 Å². The summed E-state index contributed by atoms with van der Waals surface area (Å²) in [6, 6.07) is 0.